The summed E-state index contributed by atoms with van der Waals surface area (Å²) in [5.74, 6) is -3.97. The molecule has 0 aliphatic carbocycles. The number of amides is 4. The molecule has 4 aromatic carbocycles. The van der Waals surface area contributed by atoms with Crippen molar-refractivity contribution in [3.8, 4) is 45.6 Å². The van der Waals surface area contributed by atoms with E-state index in [1.165, 1.54) is 0 Å². The van der Waals surface area contributed by atoms with Gasteiger partial charge in [0.25, 0.3) is 0 Å². The van der Waals surface area contributed by atoms with E-state index in [2.05, 4.69) is 9.97 Å². The molecule has 17 heteroatoms. The summed E-state index contributed by atoms with van der Waals surface area (Å²) in [7, 11) is 0. The smallest absolute Gasteiger partial charge is 0.366 e. The van der Waals surface area contributed by atoms with E-state index in [-0.39, 0.29) is 50.8 Å². The molecule has 0 atom stereocenters. The molecule has 53 heavy (non-hydrogen) atoms. The van der Waals surface area contributed by atoms with Crippen LogP contribution in [0.2, 0.25) is 0 Å². The average molecular weight is 750 g/mol. The number of primary amides is 4. The van der Waals surface area contributed by atoms with E-state index in [0.29, 0.717) is 45.2 Å². The molecule has 0 saturated carbocycles. The Balaban J connectivity index is 0.00000400. The van der Waals surface area contributed by atoms with Gasteiger partial charge in [0, 0.05) is 43.8 Å². The van der Waals surface area contributed by atoms with Crippen molar-refractivity contribution in [1.29, 1.82) is 0 Å². The maximum Gasteiger partial charge on any atom is 1.00 e. The summed E-state index contributed by atoms with van der Waals surface area (Å²) in [6.07, 6.45) is 0. The van der Waals surface area contributed by atoms with Gasteiger partial charge in [-0.3, -0.25) is 19.2 Å². The van der Waals surface area contributed by atoms with Gasteiger partial charge in [0.15, 0.2) is 23.3 Å². The van der Waals surface area contributed by atoms with Crippen molar-refractivity contribution >= 4 is 67.8 Å². The van der Waals surface area contributed by atoms with Gasteiger partial charge in [-0.2, -0.15) is 0 Å². The third-order valence-electron chi connectivity index (χ3n) is 8.98. The molecule has 260 valence electrons. The van der Waals surface area contributed by atoms with Crippen LogP contribution in [0.15, 0.2) is 72.8 Å². The molecule has 4 amide bonds. The first-order chi connectivity index (χ1) is 25.1. The molecule has 2 aliphatic rings. The van der Waals surface area contributed by atoms with Gasteiger partial charge < -0.3 is 32.9 Å². The number of carbonyl (C=O) groups is 4. The average Bonchev–Trinajstić information content (AvgIpc) is 3.86. The van der Waals surface area contributed by atoms with Crippen molar-refractivity contribution in [2.24, 2.45) is 22.9 Å². The van der Waals surface area contributed by atoms with E-state index >= 15 is 0 Å². The Morgan fingerprint density at radius 3 is 1.00 bits per heavy atom. The minimum atomic E-state index is -1.26. The number of carbonyl (C=O) groups excluding carboxylic acids is 4. The fourth-order valence-corrected chi connectivity index (χ4v) is 6.89. The number of fused-ring (bicyclic) bond motifs is 20. The van der Waals surface area contributed by atoms with Crippen molar-refractivity contribution in [2.45, 2.75) is 0 Å². The number of hydrogen-bond acceptors (Lipinski definition) is 10. The molecule has 8 bridgehead atoms. The second kappa shape index (κ2) is 11.9. The van der Waals surface area contributed by atoms with Gasteiger partial charge in [-0.15, -0.1) is 0 Å². The van der Waals surface area contributed by atoms with Gasteiger partial charge >= 0.3 is 17.1 Å². The molecular weight excluding hydrogens is 728 g/mol. The molecule has 7 aromatic rings. The van der Waals surface area contributed by atoms with Crippen LogP contribution >= 0.6 is 0 Å². The van der Waals surface area contributed by atoms with Gasteiger partial charge in [-0.05, 0) is 0 Å². The van der Waals surface area contributed by atoms with Crippen molar-refractivity contribution in [2.75, 3.05) is 0 Å². The zero-order chi connectivity index (χ0) is 36.0. The number of aromatic nitrogens is 8. The maximum absolute atomic E-state index is 13.3. The molecule has 0 spiro atoms. The first kappa shape index (κ1) is 32.8. The molecule has 9 rings (SSSR count). The van der Waals surface area contributed by atoms with Crippen LogP contribution in [0.3, 0.4) is 0 Å². The van der Waals surface area contributed by atoms with E-state index in [4.69, 9.17) is 52.8 Å². The standard InChI is InChI=1S/C36H22N12O4.Cu/c37-25(49)19-20(26(38)50)22(28(40)52)24-23(21(19)27(39)51)35-46-33-17-11-5-3-9-15(17)31(44-33)42-29-13-7-1-2-8-14(13)30(41-29)43-32-16-10-4-6-12-18(16)34(45-32)47-36(24)48-35;/h1-12H,(H2,37,49)(H2,38,50)(H2,39,51)(H2,40,52)(H2,41,42,43,44,45,46,47,48);/q;+1. The number of benzene rings is 4. The zero-order valence-corrected chi connectivity index (χ0v) is 27.8. The van der Waals surface area contributed by atoms with Crippen molar-refractivity contribution in [1.82, 2.24) is 39.9 Å². The number of rotatable bonds is 4. The number of H-pyrrole nitrogens is 2. The first-order valence-corrected chi connectivity index (χ1v) is 15.6. The first-order valence-electron chi connectivity index (χ1n) is 15.6. The molecule has 16 nitrogen and oxygen atoms in total. The second-order valence-electron chi connectivity index (χ2n) is 12.0. The van der Waals surface area contributed by atoms with Crippen LogP contribution in [0.4, 0.5) is 0 Å². The molecule has 0 fully saturated rings. The Kier molecular flexibility index (Phi) is 7.35. The van der Waals surface area contributed by atoms with Crippen LogP contribution in [0.1, 0.15) is 41.4 Å². The molecule has 5 heterocycles. The Morgan fingerprint density at radius 2 is 0.679 bits per heavy atom. The molecular formula is C36H22CuN12O4+. The summed E-state index contributed by atoms with van der Waals surface area (Å²) >= 11 is 0. The minimum absolute atomic E-state index is 0. The summed E-state index contributed by atoms with van der Waals surface area (Å²) < 4.78 is 0. The number of hydrogen-bond donors (Lipinski definition) is 6. The third-order valence-corrected chi connectivity index (χ3v) is 8.98. The van der Waals surface area contributed by atoms with E-state index in [9.17, 15) is 19.2 Å². The fourth-order valence-electron chi connectivity index (χ4n) is 6.89. The van der Waals surface area contributed by atoms with E-state index in [1.807, 2.05) is 48.5 Å². The van der Waals surface area contributed by atoms with Gasteiger partial charge in [0.2, 0.25) is 23.6 Å². The Morgan fingerprint density at radius 1 is 0.396 bits per heavy atom. The monoisotopic (exact) mass is 749 g/mol. The quantitative estimate of drug-likeness (QED) is 0.143. The van der Waals surface area contributed by atoms with Crippen LogP contribution in [-0.4, -0.2) is 63.5 Å². The summed E-state index contributed by atoms with van der Waals surface area (Å²) in [5.41, 5.74) is 23.9. The van der Waals surface area contributed by atoms with Crippen LogP contribution in [0, 0.1) is 0 Å². The molecule has 2 aliphatic heterocycles. The molecule has 10 N–H and O–H groups in total. The van der Waals surface area contributed by atoms with Crippen molar-refractivity contribution in [3.63, 3.8) is 0 Å². The number of nitrogens with two attached hydrogens (primary N) is 4. The van der Waals surface area contributed by atoms with Crippen LogP contribution < -0.4 is 22.9 Å². The predicted octanol–water partition coefficient (Wildman–Crippen LogP) is 3.26. The Labute approximate surface area is 306 Å². The van der Waals surface area contributed by atoms with Gasteiger partial charge in [-0.1, -0.05) is 72.8 Å². The van der Waals surface area contributed by atoms with Gasteiger partial charge in [0.05, 0.1) is 22.3 Å². The normalized spacial score (nSPS) is 11.5. The summed E-state index contributed by atoms with van der Waals surface area (Å²) in [6, 6.07) is 22.0. The van der Waals surface area contributed by atoms with E-state index in [1.54, 1.807) is 24.3 Å². The zero-order valence-electron chi connectivity index (χ0n) is 26.9. The van der Waals surface area contributed by atoms with Gasteiger partial charge in [0.1, 0.15) is 22.6 Å². The third kappa shape index (κ3) is 4.83. The SMILES string of the molecule is NC(=O)c1c(C(N)=O)c(C(N)=O)c2c3nc4nc(nc5[nH]c(nc6nc(nc([nH]3)c2c1C(N)=O)-c1ccccc1-6)c1ccccc51)-c1ccccc1-4.[Cu+]. The number of nitrogens with zero attached hydrogens (tertiary/aromatic N) is 6. The van der Waals surface area contributed by atoms with Crippen LogP contribution in [-0.2, 0) is 17.1 Å². The minimum Gasteiger partial charge on any atom is -0.366 e. The second-order valence-corrected chi connectivity index (χ2v) is 12.0. The van der Waals surface area contributed by atoms with Gasteiger partial charge in [-0.25, -0.2) is 29.9 Å². The summed E-state index contributed by atoms with van der Waals surface area (Å²) in [5, 5.41) is 1.22. The van der Waals surface area contributed by atoms with Crippen LogP contribution in [0.25, 0.3) is 89.7 Å². The van der Waals surface area contributed by atoms with Crippen molar-refractivity contribution < 1.29 is 36.2 Å². The fraction of sp³-hybridized carbons (Fsp3) is 0. The van der Waals surface area contributed by atoms with Crippen molar-refractivity contribution in [3.05, 3.63) is 95.1 Å². The van der Waals surface area contributed by atoms with E-state index in [0.717, 1.165) is 10.8 Å². The van der Waals surface area contributed by atoms with Crippen LogP contribution in [0.5, 0.6) is 0 Å². The topological polar surface area (TPSA) is 281 Å². The maximum atomic E-state index is 13.3. The molecule has 0 saturated heterocycles. The number of aromatic amines is 2. The Bertz CT molecular complexity index is 2810. The van der Waals surface area contributed by atoms with E-state index < -0.39 is 45.9 Å². The summed E-state index contributed by atoms with van der Waals surface area (Å²) in [4.78, 5) is 87.8. The summed E-state index contributed by atoms with van der Waals surface area (Å²) in [6.45, 7) is 0. The predicted molar refractivity (Wildman–Crippen MR) is 190 cm³/mol. The molecule has 3 aromatic heterocycles. The number of nitrogens with one attached hydrogen (secondary N) is 2. The Hall–Kier alpha value is -7.36. The molecule has 0 unspecified atom stereocenters. The molecule has 0 radical (unpaired) electrons. The largest absolute Gasteiger partial charge is 1.00 e.